The van der Waals surface area contributed by atoms with Crippen molar-refractivity contribution >= 4 is 34.3 Å². The summed E-state index contributed by atoms with van der Waals surface area (Å²) in [5.41, 5.74) is 0. The van der Waals surface area contributed by atoms with Crippen molar-refractivity contribution in [2.45, 2.75) is 25.3 Å². The quantitative estimate of drug-likeness (QED) is 0.795. The maximum atomic E-state index is 11.4. The number of nitrogens with zero attached hydrogens (tertiary/aromatic N) is 2. The Morgan fingerprint density at radius 3 is 3.06 bits per heavy atom. The minimum atomic E-state index is 0.110. The smallest absolute Gasteiger partial charge is 0.221 e. The molecule has 0 atom stereocenters. The molecule has 0 radical (unpaired) electrons. The van der Waals surface area contributed by atoms with Crippen LogP contribution in [0.1, 0.15) is 19.3 Å². The molecule has 2 rings (SSSR count). The van der Waals surface area contributed by atoms with E-state index in [0.29, 0.717) is 19.0 Å². The van der Waals surface area contributed by atoms with E-state index >= 15 is 0 Å². The van der Waals surface area contributed by atoms with Crippen molar-refractivity contribution in [2.24, 2.45) is 0 Å². The van der Waals surface area contributed by atoms with Crippen molar-refractivity contribution in [3.8, 4) is 0 Å². The van der Waals surface area contributed by atoms with Crippen molar-refractivity contribution in [1.82, 2.24) is 15.3 Å². The third-order valence-electron chi connectivity index (χ3n) is 2.25. The number of rotatable bonds is 5. The van der Waals surface area contributed by atoms with Gasteiger partial charge in [-0.15, -0.1) is 0 Å². The summed E-state index contributed by atoms with van der Waals surface area (Å²) in [7, 11) is 0. The number of nitrogens with one attached hydrogen (secondary N) is 2. The van der Waals surface area contributed by atoms with Gasteiger partial charge in [0, 0.05) is 25.2 Å². The van der Waals surface area contributed by atoms with Gasteiger partial charge in [-0.3, -0.25) is 4.79 Å². The van der Waals surface area contributed by atoms with Crippen molar-refractivity contribution in [3.63, 3.8) is 0 Å². The first-order valence-electron chi connectivity index (χ1n) is 5.24. The van der Waals surface area contributed by atoms with Crippen LogP contribution in [0.15, 0.2) is 12.5 Å². The Labute approximate surface area is 108 Å². The molecule has 1 heterocycles. The summed E-state index contributed by atoms with van der Waals surface area (Å²) in [6.07, 6.45) is 5.97. The van der Waals surface area contributed by atoms with Gasteiger partial charge in [-0.05, 0) is 35.4 Å². The molecule has 1 aromatic rings. The maximum Gasteiger partial charge on any atom is 0.221 e. The van der Waals surface area contributed by atoms with Crippen LogP contribution in [0.5, 0.6) is 0 Å². The Kier molecular flexibility index (Phi) is 3.92. The van der Waals surface area contributed by atoms with Gasteiger partial charge in [0.1, 0.15) is 12.1 Å². The van der Waals surface area contributed by atoms with Crippen LogP contribution in [0.25, 0.3) is 0 Å². The molecule has 1 aliphatic rings. The Morgan fingerprint density at radius 2 is 2.38 bits per heavy atom. The SMILES string of the molecule is O=C(CCNc1ncncc1I)NC1CC1. The lowest BCUT2D eigenvalue weighted by atomic mass is 10.4. The summed E-state index contributed by atoms with van der Waals surface area (Å²) in [5, 5.41) is 6.06. The number of halogens is 1. The highest BCUT2D eigenvalue weighted by molar-refractivity contribution is 14.1. The zero-order valence-electron chi connectivity index (χ0n) is 8.74. The Morgan fingerprint density at radius 1 is 1.56 bits per heavy atom. The van der Waals surface area contributed by atoms with Crippen LogP contribution in [-0.4, -0.2) is 28.5 Å². The van der Waals surface area contributed by atoms with E-state index in [1.807, 2.05) is 0 Å². The predicted molar refractivity (Wildman–Crippen MR) is 69.0 cm³/mol. The maximum absolute atomic E-state index is 11.4. The second-order valence-electron chi connectivity index (χ2n) is 3.74. The largest absolute Gasteiger partial charge is 0.369 e. The molecular formula is C10H13IN4O. The molecule has 0 unspecified atom stereocenters. The third-order valence-corrected chi connectivity index (χ3v) is 3.04. The monoisotopic (exact) mass is 332 g/mol. The minimum absolute atomic E-state index is 0.110. The molecule has 0 aromatic carbocycles. The van der Waals surface area contributed by atoms with Gasteiger partial charge in [-0.1, -0.05) is 0 Å². The number of anilines is 1. The topological polar surface area (TPSA) is 66.9 Å². The first-order valence-corrected chi connectivity index (χ1v) is 6.32. The molecule has 5 nitrogen and oxygen atoms in total. The fourth-order valence-electron chi connectivity index (χ4n) is 1.26. The van der Waals surface area contributed by atoms with Crippen molar-refractivity contribution < 1.29 is 4.79 Å². The number of carbonyl (C=O) groups excluding carboxylic acids is 1. The molecule has 1 saturated carbocycles. The summed E-state index contributed by atoms with van der Waals surface area (Å²) < 4.78 is 0.961. The van der Waals surface area contributed by atoms with Crippen LogP contribution in [0.4, 0.5) is 5.82 Å². The third kappa shape index (κ3) is 3.58. The molecule has 1 amide bonds. The van der Waals surface area contributed by atoms with Crippen LogP contribution in [-0.2, 0) is 4.79 Å². The standard InChI is InChI=1S/C10H13IN4O/c11-8-5-12-6-14-10(8)13-4-3-9(16)15-7-1-2-7/h5-7H,1-4H2,(H,15,16)(H,12,13,14). The highest BCUT2D eigenvalue weighted by Crippen LogP contribution is 2.18. The lowest BCUT2D eigenvalue weighted by Crippen LogP contribution is -2.27. The average Bonchev–Trinajstić information content (AvgIpc) is 3.05. The van der Waals surface area contributed by atoms with Gasteiger partial charge in [0.25, 0.3) is 0 Å². The van der Waals surface area contributed by atoms with E-state index in [2.05, 4.69) is 43.2 Å². The summed E-state index contributed by atoms with van der Waals surface area (Å²) in [5.74, 6) is 0.897. The molecule has 86 valence electrons. The first kappa shape index (κ1) is 11.6. The number of hydrogen-bond donors (Lipinski definition) is 2. The Balaban J connectivity index is 1.70. The number of carbonyl (C=O) groups is 1. The van der Waals surface area contributed by atoms with Crippen molar-refractivity contribution in [3.05, 3.63) is 16.1 Å². The summed E-state index contributed by atoms with van der Waals surface area (Å²) >= 11 is 2.16. The highest BCUT2D eigenvalue weighted by Gasteiger charge is 2.22. The molecule has 0 aliphatic heterocycles. The highest BCUT2D eigenvalue weighted by atomic mass is 127. The van der Waals surface area contributed by atoms with Crippen LogP contribution < -0.4 is 10.6 Å². The molecule has 0 spiro atoms. The number of aromatic nitrogens is 2. The van der Waals surface area contributed by atoms with Gasteiger partial charge in [0.05, 0.1) is 3.57 Å². The molecule has 16 heavy (non-hydrogen) atoms. The normalized spacial score (nSPS) is 14.6. The number of amides is 1. The van der Waals surface area contributed by atoms with Gasteiger partial charge >= 0.3 is 0 Å². The average molecular weight is 332 g/mol. The van der Waals surface area contributed by atoms with Crippen LogP contribution in [0.3, 0.4) is 0 Å². The minimum Gasteiger partial charge on any atom is -0.369 e. The predicted octanol–water partition coefficient (Wildman–Crippen LogP) is 1.16. The van der Waals surface area contributed by atoms with Gasteiger partial charge in [0.2, 0.25) is 5.91 Å². The second-order valence-corrected chi connectivity index (χ2v) is 4.90. The van der Waals surface area contributed by atoms with E-state index in [1.165, 1.54) is 6.33 Å². The molecule has 1 fully saturated rings. The zero-order valence-corrected chi connectivity index (χ0v) is 10.9. The summed E-state index contributed by atoms with van der Waals surface area (Å²) in [6.45, 7) is 0.603. The lowest BCUT2D eigenvalue weighted by molar-refractivity contribution is -0.120. The van der Waals surface area contributed by atoms with Gasteiger partial charge in [0.15, 0.2) is 0 Å². The molecule has 0 saturated heterocycles. The molecule has 0 bridgehead atoms. The van der Waals surface area contributed by atoms with Crippen LogP contribution >= 0.6 is 22.6 Å². The summed E-state index contributed by atoms with van der Waals surface area (Å²) in [4.78, 5) is 19.4. The van der Waals surface area contributed by atoms with E-state index in [0.717, 1.165) is 22.2 Å². The van der Waals surface area contributed by atoms with Crippen LogP contribution in [0, 0.1) is 3.57 Å². The zero-order chi connectivity index (χ0) is 11.4. The summed E-state index contributed by atoms with van der Waals surface area (Å²) in [6, 6.07) is 0.437. The van der Waals surface area contributed by atoms with Crippen molar-refractivity contribution in [1.29, 1.82) is 0 Å². The van der Waals surface area contributed by atoms with Gasteiger partial charge < -0.3 is 10.6 Å². The van der Waals surface area contributed by atoms with Gasteiger partial charge in [-0.2, -0.15) is 0 Å². The van der Waals surface area contributed by atoms with Crippen LogP contribution in [0.2, 0.25) is 0 Å². The van der Waals surface area contributed by atoms with E-state index in [4.69, 9.17) is 0 Å². The molecule has 2 N–H and O–H groups in total. The van der Waals surface area contributed by atoms with Crippen molar-refractivity contribution in [2.75, 3.05) is 11.9 Å². The van der Waals surface area contributed by atoms with E-state index in [9.17, 15) is 4.79 Å². The van der Waals surface area contributed by atoms with E-state index in [1.54, 1.807) is 6.20 Å². The Bertz CT molecular complexity index is 381. The second kappa shape index (κ2) is 5.42. The molecule has 1 aromatic heterocycles. The lowest BCUT2D eigenvalue weighted by Gasteiger charge is -2.06. The Hall–Kier alpha value is -0.920. The molecule has 6 heteroatoms. The first-order chi connectivity index (χ1) is 7.75. The van der Waals surface area contributed by atoms with Gasteiger partial charge in [-0.25, -0.2) is 9.97 Å². The fourth-order valence-corrected chi connectivity index (χ4v) is 1.76. The molecular weight excluding hydrogens is 319 g/mol. The fraction of sp³-hybridized carbons (Fsp3) is 0.500. The van der Waals surface area contributed by atoms with E-state index < -0.39 is 0 Å². The molecule has 1 aliphatic carbocycles. The van der Waals surface area contributed by atoms with E-state index in [-0.39, 0.29) is 5.91 Å². The number of hydrogen-bond acceptors (Lipinski definition) is 4.